The quantitative estimate of drug-likeness (QED) is 0.620. The zero-order chi connectivity index (χ0) is 22.2. The summed E-state index contributed by atoms with van der Waals surface area (Å²) >= 11 is 0. The van der Waals surface area contributed by atoms with Gasteiger partial charge in [0, 0.05) is 24.4 Å². The van der Waals surface area contributed by atoms with Crippen LogP contribution in [0, 0.1) is 5.92 Å². The van der Waals surface area contributed by atoms with E-state index < -0.39 is 23.6 Å². The van der Waals surface area contributed by atoms with Gasteiger partial charge >= 0.3 is 6.18 Å². The molecule has 158 valence electrons. The summed E-state index contributed by atoms with van der Waals surface area (Å²) in [5.41, 5.74) is 1.18. The largest absolute Gasteiger partial charge is 0.416 e. The molecule has 4 rings (SSSR count). The standard InChI is InChI=1S/C22H17F3N4O2/c1-13-19(18(30)12-14-3-2-4-15(11-14)20-26-9-10-27-20)21(31)29(28-13)17-7-5-16(6-8-17)22(23,24)25/h2-11,19H,12H2,1H3,(H,26,27). The number of ketones is 1. The molecule has 1 aromatic heterocycles. The minimum Gasteiger partial charge on any atom is -0.345 e. The zero-order valence-electron chi connectivity index (χ0n) is 16.3. The van der Waals surface area contributed by atoms with Gasteiger partial charge in [0.15, 0.2) is 5.78 Å². The first-order chi connectivity index (χ1) is 14.7. The lowest BCUT2D eigenvalue weighted by molar-refractivity contribution is -0.137. The van der Waals surface area contributed by atoms with Crippen molar-refractivity contribution in [1.29, 1.82) is 0 Å². The molecule has 9 heteroatoms. The summed E-state index contributed by atoms with van der Waals surface area (Å²) < 4.78 is 38.3. The number of H-pyrrole nitrogens is 1. The molecule has 2 heterocycles. The average molecular weight is 426 g/mol. The highest BCUT2D eigenvalue weighted by Gasteiger charge is 2.39. The number of anilines is 1. The van der Waals surface area contributed by atoms with Gasteiger partial charge in [-0.05, 0) is 42.8 Å². The van der Waals surface area contributed by atoms with E-state index in [0.717, 1.165) is 34.8 Å². The van der Waals surface area contributed by atoms with E-state index in [0.29, 0.717) is 17.1 Å². The predicted molar refractivity (Wildman–Crippen MR) is 108 cm³/mol. The number of halogens is 3. The zero-order valence-corrected chi connectivity index (χ0v) is 16.3. The van der Waals surface area contributed by atoms with Gasteiger partial charge in [0.25, 0.3) is 5.91 Å². The van der Waals surface area contributed by atoms with Gasteiger partial charge in [-0.25, -0.2) is 4.98 Å². The number of amides is 1. The maximum atomic E-state index is 12.9. The summed E-state index contributed by atoms with van der Waals surface area (Å²) in [6, 6.07) is 11.3. The van der Waals surface area contributed by atoms with E-state index in [1.165, 1.54) is 0 Å². The molecule has 1 amide bonds. The van der Waals surface area contributed by atoms with Crippen LogP contribution in [0.2, 0.25) is 0 Å². The van der Waals surface area contributed by atoms with E-state index in [2.05, 4.69) is 15.1 Å². The average Bonchev–Trinajstić information content (AvgIpc) is 3.36. The number of imidazole rings is 1. The lowest BCUT2D eigenvalue weighted by atomic mass is 9.93. The fourth-order valence-electron chi connectivity index (χ4n) is 3.47. The molecule has 1 atom stereocenters. The van der Waals surface area contributed by atoms with Crippen molar-refractivity contribution in [3.8, 4) is 11.4 Å². The van der Waals surface area contributed by atoms with Gasteiger partial charge < -0.3 is 4.98 Å². The number of alkyl halides is 3. The van der Waals surface area contributed by atoms with E-state index >= 15 is 0 Å². The van der Waals surface area contributed by atoms with Gasteiger partial charge in [0.2, 0.25) is 0 Å². The lowest BCUT2D eigenvalue weighted by Gasteiger charge is -2.15. The molecule has 3 aromatic rings. The Kier molecular flexibility index (Phi) is 5.18. The number of hydrazone groups is 1. The Bertz CT molecular complexity index is 1150. The Morgan fingerprint density at radius 3 is 2.55 bits per heavy atom. The Balaban J connectivity index is 1.51. The Hall–Kier alpha value is -3.75. The van der Waals surface area contributed by atoms with Crippen LogP contribution in [-0.4, -0.2) is 27.4 Å². The molecule has 1 aliphatic heterocycles. The predicted octanol–water partition coefficient (Wildman–Crippen LogP) is 4.25. The summed E-state index contributed by atoms with van der Waals surface area (Å²) in [6.45, 7) is 1.56. The molecule has 0 spiro atoms. The van der Waals surface area contributed by atoms with Gasteiger partial charge in [-0.3, -0.25) is 9.59 Å². The fraction of sp³-hybridized carbons (Fsp3) is 0.182. The molecule has 6 nitrogen and oxygen atoms in total. The van der Waals surface area contributed by atoms with Gasteiger partial charge in [0.1, 0.15) is 11.7 Å². The lowest BCUT2D eigenvalue weighted by Crippen LogP contribution is -2.33. The first kappa shape index (κ1) is 20.5. The van der Waals surface area contributed by atoms with Crippen molar-refractivity contribution in [2.75, 3.05) is 5.01 Å². The molecule has 1 aliphatic rings. The van der Waals surface area contributed by atoms with Crippen molar-refractivity contribution in [2.24, 2.45) is 11.0 Å². The van der Waals surface area contributed by atoms with E-state index in [1.807, 2.05) is 12.1 Å². The van der Waals surface area contributed by atoms with Crippen LogP contribution in [0.15, 0.2) is 66.0 Å². The number of nitrogens with zero attached hydrogens (tertiary/aromatic N) is 3. The monoisotopic (exact) mass is 426 g/mol. The van der Waals surface area contributed by atoms with E-state index in [9.17, 15) is 22.8 Å². The number of Topliss-reactive ketones (excluding diaryl/α,β-unsaturated/α-hetero) is 1. The molecule has 0 radical (unpaired) electrons. The minimum atomic E-state index is -4.48. The molecular weight excluding hydrogens is 409 g/mol. The van der Waals surface area contributed by atoms with Crippen LogP contribution in [0.4, 0.5) is 18.9 Å². The molecule has 0 saturated heterocycles. The molecule has 0 saturated carbocycles. The molecule has 31 heavy (non-hydrogen) atoms. The number of aromatic nitrogens is 2. The molecular formula is C22H17F3N4O2. The maximum absolute atomic E-state index is 12.9. The Labute approximate surface area is 175 Å². The summed E-state index contributed by atoms with van der Waals surface area (Å²) in [7, 11) is 0. The van der Waals surface area contributed by atoms with E-state index in [4.69, 9.17) is 0 Å². The Morgan fingerprint density at radius 2 is 1.90 bits per heavy atom. The highest BCUT2D eigenvalue weighted by molar-refractivity contribution is 6.27. The van der Waals surface area contributed by atoms with Crippen LogP contribution >= 0.6 is 0 Å². The second-order valence-corrected chi connectivity index (χ2v) is 7.15. The molecule has 1 N–H and O–H groups in total. The van der Waals surface area contributed by atoms with E-state index in [1.54, 1.807) is 31.5 Å². The smallest absolute Gasteiger partial charge is 0.345 e. The number of nitrogens with one attached hydrogen (secondary N) is 1. The second kappa shape index (κ2) is 7.82. The number of aromatic amines is 1. The van der Waals surface area contributed by atoms with Crippen LogP contribution in [0.25, 0.3) is 11.4 Å². The van der Waals surface area contributed by atoms with Crippen LogP contribution < -0.4 is 5.01 Å². The number of benzene rings is 2. The number of hydrogen-bond donors (Lipinski definition) is 1. The molecule has 2 aromatic carbocycles. The van der Waals surface area contributed by atoms with Crippen LogP contribution in [-0.2, 0) is 22.2 Å². The number of carbonyl (C=O) groups is 2. The number of carbonyl (C=O) groups excluding carboxylic acids is 2. The summed E-state index contributed by atoms with van der Waals surface area (Å²) in [6.07, 6.45) is -1.14. The van der Waals surface area contributed by atoms with Crippen LogP contribution in [0.1, 0.15) is 18.1 Å². The molecule has 0 bridgehead atoms. The van der Waals surface area contributed by atoms with Crippen molar-refractivity contribution in [1.82, 2.24) is 9.97 Å². The van der Waals surface area contributed by atoms with Crippen LogP contribution in [0.5, 0.6) is 0 Å². The third kappa shape index (κ3) is 4.11. The van der Waals surface area contributed by atoms with Gasteiger partial charge in [0.05, 0.1) is 17.0 Å². The molecule has 1 unspecified atom stereocenters. The van der Waals surface area contributed by atoms with Crippen molar-refractivity contribution >= 4 is 23.1 Å². The fourth-order valence-corrected chi connectivity index (χ4v) is 3.47. The highest BCUT2D eigenvalue weighted by Crippen LogP contribution is 2.32. The van der Waals surface area contributed by atoms with E-state index in [-0.39, 0.29) is 17.9 Å². The third-order valence-electron chi connectivity index (χ3n) is 4.97. The third-order valence-corrected chi connectivity index (χ3v) is 4.97. The first-order valence-corrected chi connectivity index (χ1v) is 9.42. The maximum Gasteiger partial charge on any atom is 0.416 e. The highest BCUT2D eigenvalue weighted by atomic mass is 19.4. The topological polar surface area (TPSA) is 78.4 Å². The Morgan fingerprint density at radius 1 is 1.16 bits per heavy atom. The summed E-state index contributed by atoms with van der Waals surface area (Å²) in [5, 5.41) is 5.10. The van der Waals surface area contributed by atoms with Crippen molar-refractivity contribution in [2.45, 2.75) is 19.5 Å². The number of rotatable bonds is 5. The summed E-state index contributed by atoms with van der Waals surface area (Å²) in [4.78, 5) is 32.9. The minimum absolute atomic E-state index is 0.0126. The first-order valence-electron chi connectivity index (χ1n) is 9.42. The van der Waals surface area contributed by atoms with Gasteiger partial charge in [-0.2, -0.15) is 23.3 Å². The van der Waals surface area contributed by atoms with Crippen molar-refractivity contribution in [3.63, 3.8) is 0 Å². The number of hydrogen-bond acceptors (Lipinski definition) is 4. The molecule has 0 aliphatic carbocycles. The van der Waals surface area contributed by atoms with Gasteiger partial charge in [-0.15, -0.1) is 0 Å². The normalized spacial score (nSPS) is 16.5. The van der Waals surface area contributed by atoms with Crippen LogP contribution in [0.3, 0.4) is 0 Å². The van der Waals surface area contributed by atoms with Crippen molar-refractivity contribution in [3.05, 3.63) is 72.1 Å². The van der Waals surface area contributed by atoms with Crippen molar-refractivity contribution < 1.29 is 22.8 Å². The summed E-state index contributed by atoms with van der Waals surface area (Å²) in [5.74, 6) is -1.33. The second-order valence-electron chi connectivity index (χ2n) is 7.15. The molecule has 0 fully saturated rings. The SMILES string of the molecule is CC1=NN(c2ccc(C(F)(F)F)cc2)C(=O)C1C(=O)Cc1cccc(-c2ncc[nH]2)c1. The van der Waals surface area contributed by atoms with Gasteiger partial charge in [-0.1, -0.05) is 18.2 Å².